The number of hydrogen-bond acceptors (Lipinski definition) is 7. The number of piperazine rings is 1. The van der Waals surface area contributed by atoms with Crippen molar-refractivity contribution >= 4 is 45.8 Å². The number of carbonyl (C=O) groups is 4. The van der Waals surface area contributed by atoms with Crippen LogP contribution in [0.5, 0.6) is 0 Å². The van der Waals surface area contributed by atoms with Crippen molar-refractivity contribution in [3.8, 4) is 0 Å². The van der Waals surface area contributed by atoms with E-state index in [0.717, 1.165) is 17.0 Å². The lowest BCUT2D eigenvalue weighted by Crippen LogP contribution is -2.53. The first-order valence-electron chi connectivity index (χ1n) is 15.8. The van der Waals surface area contributed by atoms with Crippen molar-refractivity contribution in [2.45, 2.75) is 31.3 Å². The van der Waals surface area contributed by atoms with Crippen molar-refractivity contribution in [1.29, 1.82) is 0 Å². The first-order valence-corrected chi connectivity index (χ1v) is 15.8. The van der Waals surface area contributed by atoms with Crippen LogP contribution in [0.15, 0.2) is 66.7 Å². The second-order valence-corrected chi connectivity index (χ2v) is 12.3. The Bertz CT molecular complexity index is 1990. The highest BCUT2D eigenvalue weighted by Crippen LogP contribution is 2.41. The number of halogens is 2. The van der Waals surface area contributed by atoms with E-state index in [4.69, 9.17) is 5.11 Å². The molecule has 2 fully saturated rings. The van der Waals surface area contributed by atoms with E-state index in [1.807, 2.05) is 21.9 Å². The van der Waals surface area contributed by atoms with Crippen molar-refractivity contribution in [2.24, 2.45) is 0 Å². The number of nitrogens with one attached hydrogen (secondary N) is 1. The Balaban J connectivity index is 1.08. The number of aliphatic hydroxyl groups excluding tert-OH is 1. The lowest BCUT2D eigenvalue weighted by molar-refractivity contribution is -0.134. The van der Waals surface area contributed by atoms with Gasteiger partial charge in [0.1, 0.15) is 17.7 Å². The average molecular weight is 655 g/mol. The fourth-order valence-electron chi connectivity index (χ4n) is 7.18. The van der Waals surface area contributed by atoms with Gasteiger partial charge >= 0.3 is 5.97 Å². The molecule has 4 aromatic carbocycles. The number of benzene rings is 4. The highest BCUT2D eigenvalue weighted by molar-refractivity contribution is 6.27. The van der Waals surface area contributed by atoms with E-state index in [1.165, 1.54) is 23.1 Å². The maximum Gasteiger partial charge on any atom is 0.335 e. The lowest BCUT2D eigenvalue weighted by Gasteiger charge is -2.40. The number of aliphatic hydroxyl groups is 1. The van der Waals surface area contributed by atoms with Crippen molar-refractivity contribution in [3.05, 3.63) is 106 Å². The third kappa shape index (κ3) is 5.46. The largest absolute Gasteiger partial charge is 0.478 e. The van der Waals surface area contributed by atoms with Crippen LogP contribution in [0.1, 0.15) is 56.3 Å². The van der Waals surface area contributed by atoms with Crippen LogP contribution in [0.4, 0.5) is 20.2 Å². The molecular weight excluding hydrogens is 622 g/mol. The lowest BCUT2D eigenvalue weighted by atomic mass is 9.94. The van der Waals surface area contributed by atoms with Crippen LogP contribution >= 0.6 is 0 Å². The summed E-state index contributed by atoms with van der Waals surface area (Å²) in [6, 6.07) is 16.4. The third-order valence-corrected chi connectivity index (χ3v) is 9.65. The van der Waals surface area contributed by atoms with Crippen molar-refractivity contribution in [2.75, 3.05) is 42.6 Å². The Morgan fingerprint density at radius 2 is 1.65 bits per heavy atom. The number of rotatable bonds is 8. The molecule has 0 spiro atoms. The molecule has 48 heavy (non-hydrogen) atoms. The smallest absolute Gasteiger partial charge is 0.335 e. The Kier molecular flexibility index (Phi) is 8.14. The van der Waals surface area contributed by atoms with E-state index in [-0.39, 0.29) is 43.2 Å². The molecule has 0 saturated carbocycles. The molecule has 2 atom stereocenters. The maximum absolute atomic E-state index is 15.7. The topological polar surface area (TPSA) is 130 Å². The number of piperidine rings is 1. The molecule has 3 aliphatic rings. The minimum atomic E-state index is -1.20. The average Bonchev–Trinajstić information content (AvgIpc) is 3.36. The van der Waals surface area contributed by atoms with Crippen LogP contribution in [0, 0.1) is 11.6 Å². The minimum Gasteiger partial charge on any atom is -0.478 e. The van der Waals surface area contributed by atoms with Gasteiger partial charge in [0.25, 0.3) is 5.91 Å². The number of aromatic carboxylic acids is 1. The van der Waals surface area contributed by atoms with Gasteiger partial charge in [-0.05, 0) is 64.9 Å². The third-order valence-electron chi connectivity index (χ3n) is 9.65. The first kappa shape index (κ1) is 31.4. The Morgan fingerprint density at radius 3 is 2.33 bits per heavy atom. The normalized spacial score (nSPS) is 18.8. The molecule has 12 heteroatoms. The number of hydrogen-bond donors (Lipinski definition) is 3. The first-order chi connectivity index (χ1) is 23.1. The summed E-state index contributed by atoms with van der Waals surface area (Å²) in [7, 11) is 0. The van der Waals surface area contributed by atoms with Crippen molar-refractivity contribution in [3.63, 3.8) is 0 Å². The molecule has 246 valence electrons. The molecule has 2 saturated heterocycles. The molecule has 3 N–H and O–H groups in total. The molecule has 3 aliphatic heterocycles. The minimum absolute atomic E-state index is 0.124. The van der Waals surface area contributed by atoms with Crippen LogP contribution in [0.3, 0.4) is 0 Å². The summed E-state index contributed by atoms with van der Waals surface area (Å²) < 4.78 is 30.3. The van der Waals surface area contributed by atoms with Gasteiger partial charge in [-0.3, -0.25) is 29.5 Å². The summed E-state index contributed by atoms with van der Waals surface area (Å²) in [5.74, 6) is -3.42. The second kappa shape index (κ2) is 12.4. The summed E-state index contributed by atoms with van der Waals surface area (Å²) in [5, 5.41) is 23.2. The molecule has 3 heterocycles. The molecule has 0 aromatic heterocycles. The maximum atomic E-state index is 15.7. The zero-order valence-electron chi connectivity index (χ0n) is 25.8. The fourth-order valence-corrected chi connectivity index (χ4v) is 7.18. The van der Waals surface area contributed by atoms with Gasteiger partial charge in [0, 0.05) is 50.0 Å². The Hall–Kier alpha value is -5.20. The van der Waals surface area contributed by atoms with Crippen LogP contribution in [0.25, 0.3) is 10.8 Å². The highest BCUT2D eigenvalue weighted by Gasteiger charge is 2.41. The summed E-state index contributed by atoms with van der Waals surface area (Å²) >= 11 is 0. The van der Waals surface area contributed by atoms with E-state index in [9.17, 15) is 28.7 Å². The fraction of sp³-hybridized carbons (Fsp3) is 0.278. The predicted octanol–water partition coefficient (Wildman–Crippen LogP) is 4.03. The number of carbonyl (C=O) groups excluding carboxylic acids is 3. The van der Waals surface area contributed by atoms with Crippen LogP contribution in [0.2, 0.25) is 0 Å². The van der Waals surface area contributed by atoms with Gasteiger partial charge in [0.2, 0.25) is 11.8 Å². The number of anilines is 2. The van der Waals surface area contributed by atoms with Crippen molar-refractivity contribution < 1.29 is 38.2 Å². The molecule has 0 radical (unpaired) electrons. The molecule has 0 aliphatic carbocycles. The SMILES string of the molecule is O=C1CC[C@H](N2C(=O)c3cccc4c(Cc5ccc(C(CO)N6CCN(c7ccc(C(=O)O)cc7F)CC6)cc5F)ccc2c34)C(=O)N1. The molecule has 4 aromatic rings. The zero-order chi connectivity index (χ0) is 33.7. The molecule has 3 amide bonds. The van der Waals surface area contributed by atoms with Crippen LogP contribution < -0.4 is 15.1 Å². The van der Waals surface area contributed by atoms with E-state index < -0.39 is 35.6 Å². The monoisotopic (exact) mass is 654 g/mol. The van der Waals surface area contributed by atoms with Crippen molar-refractivity contribution in [1.82, 2.24) is 10.2 Å². The van der Waals surface area contributed by atoms with Crippen LogP contribution in [-0.2, 0) is 16.0 Å². The van der Waals surface area contributed by atoms with Gasteiger partial charge in [-0.15, -0.1) is 0 Å². The summed E-state index contributed by atoms with van der Waals surface area (Å²) in [6.07, 6.45) is 0.620. The predicted molar refractivity (Wildman–Crippen MR) is 173 cm³/mol. The van der Waals surface area contributed by atoms with Gasteiger partial charge in [-0.25, -0.2) is 13.6 Å². The molecule has 1 unspecified atom stereocenters. The number of carboxylic acid groups (broad SMARTS) is 1. The standard InChI is InChI=1S/C36H32F2N4O6/c37-26-17-22(31(19-43)41-14-12-40(13-15-41)28-8-7-23(36(47)48)18-27(28)38)5-4-21(26)16-20-6-9-29-33-24(20)2-1-3-25(33)35(46)42(29)30-10-11-32(44)39-34(30)45/h1-9,17-18,30-31,43H,10-16,19H2,(H,47,48)(H,39,44,45)/t30-,31?/m0/s1. The zero-order valence-corrected chi connectivity index (χ0v) is 25.8. The quantitative estimate of drug-likeness (QED) is 0.243. The number of imide groups is 1. The summed E-state index contributed by atoms with van der Waals surface area (Å²) in [4.78, 5) is 54.3. The van der Waals surface area contributed by atoms with Gasteiger partial charge in [-0.1, -0.05) is 30.3 Å². The van der Waals surface area contributed by atoms with E-state index >= 15 is 4.39 Å². The highest BCUT2D eigenvalue weighted by atomic mass is 19.1. The van der Waals surface area contributed by atoms with Gasteiger partial charge in [-0.2, -0.15) is 0 Å². The summed E-state index contributed by atoms with van der Waals surface area (Å²) in [5.41, 5.74) is 3.08. The van der Waals surface area contributed by atoms with E-state index in [1.54, 1.807) is 30.3 Å². The van der Waals surface area contributed by atoms with Crippen LogP contribution in [-0.4, -0.2) is 77.6 Å². The van der Waals surface area contributed by atoms with Gasteiger partial charge in [0.15, 0.2) is 0 Å². The number of nitrogens with zero attached hydrogens (tertiary/aromatic N) is 3. The molecule has 7 rings (SSSR count). The number of carboxylic acids is 1. The molecule has 10 nitrogen and oxygen atoms in total. The molecule has 0 bridgehead atoms. The second-order valence-electron chi connectivity index (χ2n) is 12.3. The number of amides is 3. The Labute approximate surface area is 274 Å². The molecular formula is C36H32F2N4O6. The van der Waals surface area contributed by atoms with Gasteiger partial charge in [0.05, 0.1) is 29.6 Å². The van der Waals surface area contributed by atoms with E-state index in [0.29, 0.717) is 59.6 Å². The van der Waals surface area contributed by atoms with Gasteiger partial charge < -0.3 is 15.1 Å². The summed E-state index contributed by atoms with van der Waals surface area (Å²) in [6.45, 7) is 1.59. The Morgan fingerprint density at radius 1 is 0.896 bits per heavy atom. The van der Waals surface area contributed by atoms with E-state index in [2.05, 4.69) is 5.32 Å².